The van der Waals surface area contributed by atoms with Crippen LogP contribution in [0.4, 0.5) is 0 Å². The van der Waals surface area contributed by atoms with Crippen LogP contribution < -0.4 is 0 Å². The average Bonchev–Trinajstić information content (AvgIpc) is 3.70. The Balaban J connectivity index is 0.900. The van der Waals surface area contributed by atoms with E-state index in [-0.39, 0.29) is 46.8 Å². The molecule has 4 aliphatic carbocycles. The number of esters is 1. The summed E-state index contributed by atoms with van der Waals surface area (Å²) in [4.78, 5) is 12.8. The Morgan fingerprint density at radius 3 is 1.89 bits per heavy atom. The molecule has 9 N–H and O–H groups in total. The summed E-state index contributed by atoms with van der Waals surface area (Å²) in [5.74, 6) is -0.206. The predicted octanol–water partition coefficient (Wildman–Crippen LogP) is -0.181. The molecule has 9 aliphatic rings. The standard InChI is InChI=1S/C45H72O18/c1-17-13-28(47)45(63-39(17)55)18(2)29-26(62-45)15-25-23-8-7-21-14-22(9-11-43(21,5)24(23)10-12-44(25,29)6)58-42-38(61-41-35(53)33(51)31(49)20(4)57-41)36(54)37(27(16-46)59-42)60-40-34(52)32(50)30(48)19(3)56-40/h17-38,40-42,46-54H,7-16H2,1-6H3/t17-,18-,19-,20+,21+,22-,23-,24+,25-,26-,27-,28-,29-,30+,31+,32-,33+,34+,35+,36+,37+,38-,40+,41+,42-,43-,44+,45+/m0/s1. The Labute approximate surface area is 368 Å². The highest BCUT2D eigenvalue weighted by atomic mass is 16.8. The summed E-state index contributed by atoms with van der Waals surface area (Å²) >= 11 is 0. The lowest BCUT2D eigenvalue weighted by Crippen LogP contribution is -2.66. The third kappa shape index (κ3) is 7.47. The number of ether oxygens (including phenoxy) is 8. The smallest absolute Gasteiger partial charge is 0.311 e. The molecule has 0 radical (unpaired) electrons. The molecule has 5 saturated heterocycles. The Morgan fingerprint density at radius 2 is 1.25 bits per heavy atom. The highest BCUT2D eigenvalue weighted by molar-refractivity contribution is 5.73. The van der Waals surface area contributed by atoms with E-state index >= 15 is 0 Å². The number of aliphatic hydroxyl groups excluding tert-OH is 9. The van der Waals surface area contributed by atoms with Crippen LogP contribution in [0.5, 0.6) is 0 Å². The van der Waals surface area contributed by atoms with Gasteiger partial charge in [-0.3, -0.25) is 4.79 Å². The molecule has 9 rings (SSSR count). The summed E-state index contributed by atoms with van der Waals surface area (Å²) in [7, 11) is 0. The SMILES string of the molecule is C[C@@H]1O[C@H](O[C@H]2[C@@H](O)[C@H](O[C@H]3O[C@H](C)[C@@H](O)[C@@H](O)[C@H]3O)[C@@H](O[C@H]3CC[C@@]4(C)[C@H](CC[C@H]5[C@H]4CC[C@@]4(C)[C@@H]6[C@H](C[C@@H]54)O[C@@]4(OC(=O)[C@@H](C)C[C@@H]4O)[C@H]6C)C3)O[C@H]2CO)[C@H](O)[C@@H](O)[C@@H]1O. The molecule has 0 aromatic heterocycles. The van der Waals surface area contributed by atoms with Crippen molar-refractivity contribution in [2.24, 2.45) is 52.3 Å². The number of aliphatic hydroxyl groups is 9. The second-order valence-corrected chi connectivity index (χ2v) is 21.5. The summed E-state index contributed by atoms with van der Waals surface area (Å²) in [6, 6.07) is 0. The van der Waals surface area contributed by atoms with Crippen molar-refractivity contribution in [3.8, 4) is 0 Å². The van der Waals surface area contributed by atoms with E-state index in [1.54, 1.807) is 6.92 Å². The third-order valence-electron chi connectivity index (χ3n) is 18.2. The number of hydrogen-bond donors (Lipinski definition) is 9. The summed E-state index contributed by atoms with van der Waals surface area (Å²) in [6.07, 6.45) is -15.4. The molecule has 28 atom stereocenters. The molecule has 4 saturated carbocycles. The molecule has 0 bridgehead atoms. The highest BCUT2D eigenvalue weighted by Crippen LogP contribution is 2.71. The molecule has 0 unspecified atom stereocenters. The van der Waals surface area contributed by atoms with E-state index in [1.807, 2.05) is 0 Å². The second kappa shape index (κ2) is 17.1. The van der Waals surface area contributed by atoms with Gasteiger partial charge in [0, 0.05) is 5.92 Å². The van der Waals surface area contributed by atoms with Crippen LogP contribution in [0.3, 0.4) is 0 Å². The van der Waals surface area contributed by atoms with Crippen LogP contribution in [0.15, 0.2) is 0 Å². The van der Waals surface area contributed by atoms with E-state index in [0.717, 1.165) is 38.5 Å². The summed E-state index contributed by atoms with van der Waals surface area (Å²) in [5, 5.41) is 97.2. The maximum atomic E-state index is 12.8. The summed E-state index contributed by atoms with van der Waals surface area (Å²) < 4.78 is 49.3. The monoisotopic (exact) mass is 900 g/mol. The van der Waals surface area contributed by atoms with Gasteiger partial charge in [-0.15, -0.1) is 0 Å². The van der Waals surface area contributed by atoms with E-state index < -0.39 is 111 Å². The van der Waals surface area contributed by atoms with Crippen molar-refractivity contribution >= 4 is 5.97 Å². The lowest BCUT2D eigenvalue weighted by atomic mass is 9.44. The van der Waals surface area contributed by atoms with Crippen LogP contribution in [0.25, 0.3) is 0 Å². The van der Waals surface area contributed by atoms with Gasteiger partial charge in [0.15, 0.2) is 18.9 Å². The zero-order chi connectivity index (χ0) is 45.2. The average molecular weight is 901 g/mol. The van der Waals surface area contributed by atoms with Gasteiger partial charge < -0.3 is 83.9 Å². The first kappa shape index (κ1) is 46.9. The molecule has 360 valence electrons. The van der Waals surface area contributed by atoms with E-state index in [0.29, 0.717) is 42.9 Å². The van der Waals surface area contributed by atoms with Crippen LogP contribution in [0.1, 0.15) is 99.3 Å². The largest absolute Gasteiger partial charge is 0.430 e. The van der Waals surface area contributed by atoms with Gasteiger partial charge in [0.25, 0.3) is 0 Å². The minimum absolute atomic E-state index is 0.0193. The lowest BCUT2D eigenvalue weighted by Gasteiger charge is -2.61. The first-order valence-corrected chi connectivity index (χ1v) is 23.6. The number of carbonyl (C=O) groups excluding carboxylic acids is 1. The van der Waals surface area contributed by atoms with Crippen LogP contribution in [-0.2, 0) is 42.7 Å². The topological polar surface area (TPSA) is 273 Å². The highest BCUT2D eigenvalue weighted by Gasteiger charge is 2.72. The maximum absolute atomic E-state index is 12.8. The van der Waals surface area contributed by atoms with Gasteiger partial charge in [0.1, 0.15) is 67.1 Å². The summed E-state index contributed by atoms with van der Waals surface area (Å²) in [5.41, 5.74) is 0.00785. The predicted molar refractivity (Wildman–Crippen MR) is 214 cm³/mol. The molecule has 63 heavy (non-hydrogen) atoms. The fourth-order valence-corrected chi connectivity index (χ4v) is 14.6. The minimum Gasteiger partial charge on any atom is -0.430 e. The molecule has 0 aromatic rings. The van der Waals surface area contributed by atoms with Gasteiger partial charge in [-0.25, -0.2) is 0 Å². The van der Waals surface area contributed by atoms with Crippen molar-refractivity contribution in [1.82, 2.24) is 0 Å². The fourth-order valence-electron chi connectivity index (χ4n) is 14.6. The molecule has 18 nitrogen and oxygen atoms in total. The fraction of sp³-hybridized carbons (Fsp3) is 0.978. The first-order chi connectivity index (χ1) is 29.7. The molecule has 18 heteroatoms. The van der Waals surface area contributed by atoms with Crippen LogP contribution >= 0.6 is 0 Å². The quantitative estimate of drug-likeness (QED) is 0.118. The van der Waals surface area contributed by atoms with E-state index in [9.17, 15) is 50.8 Å². The van der Waals surface area contributed by atoms with Crippen LogP contribution in [-0.4, -0.2) is 175 Å². The number of hydrogen-bond acceptors (Lipinski definition) is 18. The molecular weight excluding hydrogens is 828 g/mol. The van der Waals surface area contributed by atoms with Gasteiger partial charge >= 0.3 is 5.97 Å². The normalized spacial score (nSPS) is 59.3. The zero-order valence-electron chi connectivity index (χ0n) is 37.2. The Kier molecular flexibility index (Phi) is 12.7. The summed E-state index contributed by atoms with van der Waals surface area (Å²) in [6.45, 7) is 11.0. The van der Waals surface area contributed by atoms with E-state index in [4.69, 9.17) is 37.9 Å². The van der Waals surface area contributed by atoms with Crippen molar-refractivity contribution in [2.75, 3.05) is 6.61 Å². The molecule has 0 aromatic carbocycles. The van der Waals surface area contributed by atoms with Crippen molar-refractivity contribution in [2.45, 2.75) is 216 Å². The minimum atomic E-state index is -1.72. The lowest BCUT2D eigenvalue weighted by molar-refractivity contribution is -0.389. The maximum Gasteiger partial charge on any atom is 0.311 e. The van der Waals surface area contributed by atoms with Gasteiger partial charge in [-0.2, -0.15) is 0 Å². The Hall–Kier alpha value is -1.17. The molecule has 1 spiro atoms. The van der Waals surface area contributed by atoms with Crippen LogP contribution in [0, 0.1) is 52.3 Å². The van der Waals surface area contributed by atoms with Crippen molar-refractivity contribution < 1.29 is 88.6 Å². The van der Waals surface area contributed by atoms with Crippen molar-refractivity contribution in [3.05, 3.63) is 0 Å². The van der Waals surface area contributed by atoms with Crippen molar-refractivity contribution in [1.29, 1.82) is 0 Å². The molecule has 5 heterocycles. The number of carbonyl (C=O) groups is 1. The molecule has 0 amide bonds. The number of rotatable bonds is 7. The first-order valence-electron chi connectivity index (χ1n) is 23.6. The number of fused-ring (bicyclic) bond motifs is 7. The third-order valence-corrected chi connectivity index (χ3v) is 18.2. The zero-order valence-corrected chi connectivity index (χ0v) is 37.2. The van der Waals surface area contributed by atoms with E-state index in [1.165, 1.54) is 13.8 Å². The Bertz CT molecular complexity index is 1660. The van der Waals surface area contributed by atoms with Gasteiger partial charge in [0.05, 0.1) is 36.9 Å². The molecular formula is C45H72O18. The molecule has 9 fully saturated rings. The van der Waals surface area contributed by atoms with Gasteiger partial charge in [-0.1, -0.05) is 27.7 Å². The molecule has 5 aliphatic heterocycles. The van der Waals surface area contributed by atoms with Crippen LogP contribution in [0.2, 0.25) is 0 Å². The Morgan fingerprint density at radius 1 is 0.635 bits per heavy atom. The second-order valence-electron chi connectivity index (χ2n) is 21.5. The van der Waals surface area contributed by atoms with E-state index in [2.05, 4.69) is 20.8 Å². The van der Waals surface area contributed by atoms with Gasteiger partial charge in [0.2, 0.25) is 5.79 Å². The van der Waals surface area contributed by atoms with Gasteiger partial charge in [-0.05, 0) is 112 Å². The van der Waals surface area contributed by atoms with Crippen molar-refractivity contribution in [3.63, 3.8) is 0 Å².